The first kappa shape index (κ1) is 24.3. The normalized spacial score (nSPS) is 19.4. The number of aryl methyl sites for hydroxylation is 1. The largest absolute Gasteiger partial charge is 0.405 e. The molecule has 0 radical (unpaired) electrons. The Morgan fingerprint density at radius 1 is 1.12 bits per heavy atom. The van der Waals surface area contributed by atoms with Gasteiger partial charge in [-0.25, -0.2) is 4.98 Å². The van der Waals surface area contributed by atoms with Crippen molar-refractivity contribution in [3.8, 4) is 11.6 Å². The Balaban J connectivity index is 1.68. The lowest BCUT2D eigenvalue weighted by Crippen LogP contribution is -2.29. The summed E-state index contributed by atoms with van der Waals surface area (Å²) in [6.07, 6.45) is -1.36. The van der Waals surface area contributed by atoms with Gasteiger partial charge in [-0.1, -0.05) is 25.9 Å². The molecule has 2 aromatic heterocycles. The lowest BCUT2D eigenvalue weighted by Gasteiger charge is -2.25. The molecule has 1 fully saturated rings. The van der Waals surface area contributed by atoms with Gasteiger partial charge in [0.15, 0.2) is 0 Å². The summed E-state index contributed by atoms with van der Waals surface area (Å²) in [4.78, 5) is 4.78. The van der Waals surface area contributed by atoms with Gasteiger partial charge < -0.3 is 20.2 Å². The number of nitrogens with zero attached hydrogens (tertiary/aromatic N) is 3. The van der Waals surface area contributed by atoms with Gasteiger partial charge in [-0.3, -0.25) is 0 Å². The molecule has 10 heteroatoms. The van der Waals surface area contributed by atoms with Crippen LogP contribution in [0.4, 0.5) is 24.9 Å². The molecule has 0 bridgehead atoms. The van der Waals surface area contributed by atoms with Crippen molar-refractivity contribution >= 4 is 22.6 Å². The number of rotatable bonds is 5. The topological polar surface area (TPSA) is 96.1 Å². The molecule has 0 amide bonds. The average Bonchev–Trinajstić information content (AvgIpc) is 3.19. The van der Waals surface area contributed by atoms with Gasteiger partial charge in [-0.05, 0) is 67.3 Å². The molecule has 1 aliphatic rings. The molecule has 1 saturated carbocycles. The van der Waals surface area contributed by atoms with Gasteiger partial charge in [0.25, 0.3) is 5.89 Å². The standard InChI is InChI=1S/C24H30F3N5O2/c1-13-8-19(21-31-32-22(34-21)29-14-6-5-7-16(33)9-14)30-20-17(13)10-15(28-12-24(25,26)27)11-18(20)23(2,3)4/h8,10-11,14,16,28,33H,5-7,9,12H2,1-4H3,(H,29,32)/t14-,16+/m1/s1. The number of alkyl halides is 3. The van der Waals surface area contributed by atoms with E-state index in [1.54, 1.807) is 18.2 Å². The van der Waals surface area contributed by atoms with Crippen LogP contribution in [0.2, 0.25) is 0 Å². The fraction of sp³-hybridized carbons (Fsp3) is 0.542. The molecule has 4 rings (SSSR count). The summed E-state index contributed by atoms with van der Waals surface area (Å²) in [6, 6.07) is 5.55. The first-order valence-corrected chi connectivity index (χ1v) is 11.4. The van der Waals surface area contributed by atoms with Gasteiger partial charge in [0.2, 0.25) is 0 Å². The van der Waals surface area contributed by atoms with E-state index < -0.39 is 12.7 Å². The van der Waals surface area contributed by atoms with Crippen LogP contribution in [0.1, 0.15) is 57.6 Å². The number of fused-ring (bicyclic) bond motifs is 1. The van der Waals surface area contributed by atoms with E-state index in [4.69, 9.17) is 9.40 Å². The molecular weight excluding hydrogens is 447 g/mol. The molecule has 0 spiro atoms. The SMILES string of the molecule is Cc1cc(-c2nnc(N[C@@H]3CCC[C@H](O)C3)o2)nc2c(C(C)(C)C)cc(NCC(F)(F)F)cc12. The maximum absolute atomic E-state index is 12.8. The summed E-state index contributed by atoms with van der Waals surface area (Å²) in [5.74, 6) is 0.253. The third-order valence-corrected chi connectivity index (χ3v) is 6.04. The van der Waals surface area contributed by atoms with Crippen LogP contribution in [0, 0.1) is 6.92 Å². The van der Waals surface area contributed by atoms with E-state index in [9.17, 15) is 18.3 Å². The Morgan fingerprint density at radius 2 is 1.88 bits per heavy atom. The van der Waals surface area contributed by atoms with Gasteiger partial charge in [-0.2, -0.15) is 13.2 Å². The fourth-order valence-corrected chi connectivity index (χ4v) is 4.33. The predicted molar refractivity (Wildman–Crippen MR) is 125 cm³/mol. The molecule has 2 heterocycles. The highest BCUT2D eigenvalue weighted by Crippen LogP contribution is 2.35. The van der Waals surface area contributed by atoms with Crippen molar-refractivity contribution in [1.82, 2.24) is 15.2 Å². The molecule has 0 aliphatic heterocycles. The summed E-state index contributed by atoms with van der Waals surface area (Å²) >= 11 is 0. The number of aliphatic hydroxyl groups is 1. The Bertz CT molecular complexity index is 1170. The van der Waals surface area contributed by atoms with Crippen molar-refractivity contribution in [2.75, 3.05) is 17.2 Å². The van der Waals surface area contributed by atoms with Crippen LogP contribution < -0.4 is 10.6 Å². The second kappa shape index (κ2) is 9.05. The van der Waals surface area contributed by atoms with Gasteiger partial charge in [0, 0.05) is 17.1 Å². The minimum atomic E-state index is -4.31. The highest BCUT2D eigenvalue weighted by molar-refractivity contribution is 5.90. The Labute approximate surface area is 196 Å². The van der Waals surface area contributed by atoms with Crippen LogP contribution >= 0.6 is 0 Å². The molecular formula is C24H30F3N5O2. The smallest absolute Gasteiger partial charge is 0.402 e. The van der Waals surface area contributed by atoms with Crippen molar-refractivity contribution in [3.05, 3.63) is 29.3 Å². The van der Waals surface area contributed by atoms with Crippen LogP contribution in [0.15, 0.2) is 22.6 Å². The minimum absolute atomic E-state index is 0.0680. The first-order chi connectivity index (χ1) is 15.9. The molecule has 1 aliphatic carbocycles. The monoisotopic (exact) mass is 477 g/mol. The number of halogens is 3. The van der Waals surface area contributed by atoms with Crippen LogP contribution in [0.25, 0.3) is 22.5 Å². The molecule has 3 N–H and O–H groups in total. The summed E-state index contributed by atoms with van der Waals surface area (Å²) in [6.45, 7) is 6.75. The third kappa shape index (κ3) is 5.60. The molecule has 184 valence electrons. The molecule has 3 aromatic rings. The van der Waals surface area contributed by atoms with Gasteiger partial charge in [0.1, 0.15) is 12.2 Å². The Hall–Kier alpha value is -2.88. The summed E-state index contributed by atoms with van der Waals surface area (Å²) in [7, 11) is 0. The summed E-state index contributed by atoms with van der Waals surface area (Å²) in [5.41, 5.74) is 2.86. The lowest BCUT2D eigenvalue weighted by atomic mass is 9.84. The second-order valence-corrected chi connectivity index (χ2v) is 10.0. The van der Waals surface area contributed by atoms with Crippen molar-refractivity contribution < 1.29 is 22.7 Å². The zero-order chi connectivity index (χ0) is 24.7. The van der Waals surface area contributed by atoms with E-state index in [0.29, 0.717) is 23.3 Å². The molecule has 1 aromatic carbocycles. The maximum atomic E-state index is 12.8. The Morgan fingerprint density at radius 3 is 2.56 bits per heavy atom. The molecule has 0 unspecified atom stereocenters. The minimum Gasteiger partial charge on any atom is -0.402 e. The van der Waals surface area contributed by atoms with Crippen LogP contribution in [0.3, 0.4) is 0 Å². The number of anilines is 2. The summed E-state index contributed by atoms with van der Waals surface area (Å²) in [5, 5.41) is 24.6. The number of pyridine rings is 1. The van der Waals surface area contributed by atoms with E-state index in [-0.39, 0.29) is 29.5 Å². The number of hydrogen-bond donors (Lipinski definition) is 3. The predicted octanol–water partition coefficient (Wildman–Crippen LogP) is 5.58. The third-order valence-electron chi connectivity index (χ3n) is 6.04. The number of benzene rings is 1. The zero-order valence-corrected chi connectivity index (χ0v) is 19.8. The maximum Gasteiger partial charge on any atom is 0.405 e. The van der Waals surface area contributed by atoms with E-state index >= 15 is 0 Å². The molecule has 2 atom stereocenters. The van der Waals surface area contributed by atoms with Crippen LogP contribution in [-0.4, -0.2) is 45.2 Å². The van der Waals surface area contributed by atoms with E-state index in [0.717, 1.165) is 35.8 Å². The quantitative estimate of drug-likeness (QED) is 0.441. The number of nitrogens with one attached hydrogen (secondary N) is 2. The van der Waals surface area contributed by atoms with Gasteiger partial charge >= 0.3 is 12.2 Å². The van der Waals surface area contributed by atoms with Gasteiger partial charge in [-0.15, -0.1) is 5.10 Å². The van der Waals surface area contributed by atoms with E-state index in [1.807, 2.05) is 27.7 Å². The highest BCUT2D eigenvalue weighted by atomic mass is 19.4. The van der Waals surface area contributed by atoms with Gasteiger partial charge in [0.05, 0.1) is 11.6 Å². The molecule has 0 saturated heterocycles. The highest BCUT2D eigenvalue weighted by Gasteiger charge is 2.28. The second-order valence-electron chi connectivity index (χ2n) is 10.0. The molecule has 7 nitrogen and oxygen atoms in total. The lowest BCUT2D eigenvalue weighted by molar-refractivity contribution is -0.115. The number of aromatic nitrogens is 3. The van der Waals surface area contributed by atoms with Crippen molar-refractivity contribution in [3.63, 3.8) is 0 Å². The fourth-order valence-electron chi connectivity index (χ4n) is 4.33. The van der Waals surface area contributed by atoms with Crippen molar-refractivity contribution in [2.24, 2.45) is 0 Å². The Kier molecular flexibility index (Phi) is 6.46. The van der Waals surface area contributed by atoms with Crippen molar-refractivity contribution in [2.45, 2.75) is 77.1 Å². The zero-order valence-electron chi connectivity index (χ0n) is 19.8. The summed E-state index contributed by atoms with van der Waals surface area (Å²) < 4.78 is 44.1. The van der Waals surface area contributed by atoms with Crippen molar-refractivity contribution in [1.29, 1.82) is 0 Å². The first-order valence-electron chi connectivity index (χ1n) is 11.4. The molecule has 34 heavy (non-hydrogen) atoms. The number of aliphatic hydroxyl groups excluding tert-OH is 1. The van der Waals surface area contributed by atoms with Crippen LogP contribution in [0.5, 0.6) is 0 Å². The van der Waals surface area contributed by atoms with E-state index in [2.05, 4.69) is 20.8 Å². The van der Waals surface area contributed by atoms with Crippen LogP contribution in [-0.2, 0) is 5.41 Å². The number of hydrogen-bond acceptors (Lipinski definition) is 7. The van der Waals surface area contributed by atoms with E-state index in [1.165, 1.54) is 0 Å². The average molecular weight is 478 g/mol.